The lowest BCUT2D eigenvalue weighted by Gasteiger charge is -2.06. The van der Waals surface area contributed by atoms with E-state index >= 15 is 0 Å². The molecule has 0 heterocycles. The number of esters is 1. The summed E-state index contributed by atoms with van der Waals surface area (Å²) in [4.78, 5) is 12.1. The van der Waals surface area contributed by atoms with Gasteiger partial charge in [0.2, 0.25) is 0 Å². The lowest BCUT2D eigenvalue weighted by atomic mass is 10.1. The smallest absolute Gasteiger partial charge is 0.306 e. The highest BCUT2D eigenvalue weighted by atomic mass is 32.2. The topological polar surface area (TPSA) is 50.1 Å². The first-order valence-corrected chi connectivity index (χ1v) is 7.80. The van der Waals surface area contributed by atoms with E-state index in [-0.39, 0.29) is 24.4 Å². The molecule has 2 rings (SSSR count). The predicted molar refractivity (Wildman–Crippen MR) is 82.7 cm³/mol. The Morgan fingerprint density at radius 3 is 2.70 bits per heavy atom. The Labute approximate surface area is 136 Å². The molecule has 6 heteroatoms. The summed E-state index contributed by atoms with van der Waals surface area (Å²) in [6.45, 7) is -0.232. The van der Waals surface area contributed by atoms with E-state index in [1.807, 2.05) is 6.07 Å². The molecule has 0 unspecified atom stereocenters. The van der Waals surface area contributed by atoms with Gasteiger partial charge in [0.1, 0.15) is 18.2 Å². The second-order valence-electron chi connectivity index (χ2n) is 4.61. The highest BCUT2D eigenvalue weighted by Gasteiger charge is 2.09. The van der Waals surface area contributed by atoms with Crippen LogP contribution in [0.1, 0.15) is 17.5 Å². The largest absolute Gasteiger partial charge is 0.461 e. The number of hydrogen-bond donors (Lipinski definition) is 0. The average molecular weight is 333 g/mol. The first-order chi connectivity index (χ1) is 11.1. The van der Waals surface area contributed by atoms with Crippen molar-refractivity contribution in [1.29, 1.82) is 5.26 Å². The van der Waals surface area contributed by atoms with Gasteiger partial charge < -0.3 is 4.74 Å². The van der Waals surface area contributed by atoms with Crippen LogP contribution in [0.3, 0.4) is 0 Å². The third-order valence-corrected chi connectivity index (χ3v) is 4.01. The minimum atomic E-state index is -0.530. The van der Waals surface area contributed by atoms with Crippen molar-refractivity contribution in [2.45, 2.75) is 17.9 Å². The van der Waals surface area contributed by atoms with E-state index < -0.39 is 11.8 Å². The van der Waals surface area contributed by atoms with Crippen LogP contribution in [0.25, 0.3) is 0 Å². The molecule has 0 radical (unpaired) electrons. The Morgan fingerprint density at radius 2 is 1.96 bits per heavy atom. The second-order valence-corrected chi connectivity index (χ2v) is 5.74. The van der Waals surface area contributed by atoms with Crippen LogP contribution in [0.5, 0.6) is 0 Å². The fourth-order valence-electron chi connectivity index (χ4n) is 1.79. The molecule has 0 atom stereocenters. The van der Waals surface area contributed by atoms with Crippen molar-refractivity contribution in [3.63, 3.8) is 0 Å². The number of carbonyl (C=O) groups excluding carboxylic acids is 1. The molecule has 0 aliphatic heterocycles. The minimum absolute atomic E-state index is 0.0819. The Hall–Kier alpha value is -2.39. The van der Waals surface area contributed by atoms with Gasteiger partial charge in [-0.15, -0.1) is 11.8 Å². The van der Waals surface area contributed by atoms with Gasteiger partial charge in [-0.1, -0.05) is 12.1 Å². The Bertz CT molecular complexity index is 744. The molecule has 0 saturated heterocycles. The van der Waals surface area contributed by atoms with Crippen LogP contribution in [0.2, 0.25) is 0 Å². The molecule has 2 aromatic rings. The Kier molecular flexibility index (Phi) is 6.12. The minimum Gasteiger partial charge on any atom is -0.461 e. The number of carbonyl (C=O) groups is 1. The van der Waals surface area contributed by atoms with Crippen LogP contribution in [0.4, 0.5) is 8.78 Å². The molecule has 0 fully saturated rings. The molecule has 0 N–H and O–H groups in total. The van der Waals surface area contributed by atoms with Crippen LogP contribution in [0, 0.1) is 23.0 Å². The van der Waals surface area contributed by atoms with Crippen molar-refractivity contribution >= 4 is 17.7 Å². The molecule has 3 nitrogen and oxygen atoms in total. The van der Waals surface area contributed by atoms with Gasteiger partial charge in [-0.2, -0.15) is 5.26 Å². The first kappa shape index (κ1) is 17.0. The zero-order valence-electron chi connectivity index (χ0n) is 12.1. The van der Waals surface area contributed by atoms with E-state index in [0.29, 0.717) is 16.2 Å². The zero-order valence-corrected chi connectivity index (χ0v) is 12.9. The van der Waals surface area contributed by atoms with E-state index in [0.717, 1.165) is 6.07 Å². The maximum Gasteiger partial charge on any atom is 0.306 e. The maximum absolute atomic E-state index is 13.5. The van der Waals surface area contributed by atoms with Gasteiger partial charge in [-0.3, -0.25) is 4.79 Å². The Morgan fingerprint density at radius 1 is 1.17 bits per heavy atom. The maximum atomic E-state index is 13.5. The zero-order chi connectivity index (χ0) is 16.7. The van der Waals surface area contributed by atoms with E-state index in [2.05, 4.69) is 0 Å². The van der Waals surface area contributed by atoms with E-state index in [1.165, 1.54) is 30.0 Å². The summed E-state index contributed by atoms with van der Waals surface area (Å²) in [7, 11) is 0. The van der Waals surface area contributed by atoms with Crippen molar-refractivity contribution in [2.75, 3.05) is 5.75 Å². The van der Waals surface area contributed by atoms with Crippen LogP contribution in [0.15, 0.2) is 47.4 Å². The van der Waals surface area contributed by atoms with E-state index in [1.54, 1.807) is 18.2 Å². The summed E-state index contributed by atoms with van der Waals surface area (Å²) in [5.74, 6) is -1.00. The standard InChI is InChI=1S/C17H13F2NO2S/c18-14-6-5-12(10-20)9-13(14)11-22-17(21)7-8-23-16-4-2-1-3-15(16)19/h1-6,9H,7-8,11H2. The number of benzene rings is 2. The molecule has 0 spiro atoms. The van der Waals surface area contributed by atoms with E-state index in [4.69, 9.17) is 10.00 Å². The summed E-state index contributed by atoms with van der Waals surface area (Å²) < 4.78 is 31.9. The first-order valence-electron chi connectivity index (χ1n) is 6.81. The molecule has 2 aromatic carbocycles. The molecule has 118 valence electrons. The summed E-state index contributed by atoms with van der Waals surface area (Å²) in [6.07, 6.45) is 0.0819. The molecule has 0 aromatic heterocycles. The number of hydrogen-bond acceptors (Lipinski definition) is 4. The van der Waals surface area contributed by atoms with Crippen molar-refractivity contribution in [3.05, 3.63) is 65.2 Å². The van der Waals surface area contributed by atoms with Crippen molar-refractivity contribution in [2.24, 2.45) is 0 Å². The van der Waals surface area contributed by atoms with Crippen molar-refractivity contribution in [3.8, 4) is 6.07 Å². The van der Waals surface area contributed by atoms with Crippen molar-refractivity contribution < 1.29 is 18.3 Å². The van der Waals surface area contributed by atoms with Crippen LogP contribution < -0.4 is 0 Å². The van der Waals surface area contributed by atoms with E-state index in [9.17, 15) is 13.6 Å². The number of ether oxygens (including phenoxy) is 1. The highest BCUT2D eigenvalue weighted by molar-refractivity contribution is 7.99. The van der Waals surface area contributed by atoms with Crippen LogP contribution >= 0.6 is 11.8 Å². The van der Waals surface area contributed by atoms with Gasteiger partial charge in [0.15, 0.2) is 0 Å². The summed E-state index contributed by atoms with van der Waals surface area (Å²) in [6, 6.07) is 12.1. The lowest BCUT2D eigenvalue weighted by molar-refractivity contribution is -0.144. The molecule has 0 aliphatic rings. The summed E-state index contributed by atoms with van der Waals surface area (Å²) in [5, 5.41) is 8.76. The predicted octanol–water partition coefficient (Wildman–Crippen LogP) is 4.06. The highest BCUT2D eigenvalue weighted by Crippen LogP contribution is 2.22. The summed E-state index contributed by atoms with van der Waals surface area (Å²) in [5.41, 5.74) is 0.451. The molecular weight excluding hydrogens is 320 g/mol. The molecular formula is C17H13F2NO2S. The summed E-state index contributed by atoms with van der Waals surface area (Å²) >= 11 is 1.21. The monoisotopic (exact) mass is 333 g/mol. The van der Waals surface area contributed by atoms with Crippen molar-refractivity contribution in [1.82, 2.24) is 0 Å². The normalized spacial score (nSPS) is 10.1. The Balaban J connectivity index is 1.80. The quantitative estimate of drug-likeness (QED) is 0.591. The van der Waals surface area contributed by atoms with Gasteiger partial charge >= 0.3 is 5.97 Å². The average Bonchev–Trinajstić information content (AvgIpc) is 2.56. The second kappa shape index (κ2) is 8.30. The van der Waals surface area contributed by atoms with Gasteiger partial charge in [0.05, 0.1) is 18.1 Å². The molecule has 0 bridgehead atoms. The number of rotatable bonds is 6. The number of thioether (sulfide) groups is 1. The van der Waals surface area contributed by atoms with Gasteiger partial charge in [0.25, 0.3) is 0 Å². The number of halogens is 2. The van der Waals surface area contributed by atoms with Crippen LogP contribution in [-0.2, 0) is 16.1 Å². The third kappa shape index (κ3) is 5.08. The van der Waals surface area contributed by atoms with Gasteiger partial charge in [0, 0.05) is 16.2 Å². The van der Waals surface area contributed by atoms with Crippen LogP contribution in [-0.4, -0.2) is 11.7 Å². The molecule has 23 heavy (non-hydrogen) atoms. The molecule has 0 saturated carbocycles. The SMILES string of the molecule is N#Cc1ccc(F)c(COC(=O)CCSc2ccccc2F)c1. The lowest BCUT2D eigenvalue weighted by Crippen LogP contribution is -2.07. The number of nitriles is 1. The molecule has 0 aliphatic carbocycles. The fourth-order valence-corrected chi connectivity index (χ4v) is 2.66. The van der Waals surface area contributed by atoms with Gasteiger partial charge in [-0.25, -0.2) is 8.78 Å². The fraction of sp³-hybridized carbons (Fsp3) is 0.176. The molecule has 0 amide bonds. The van der Waals surface area contributed by atoms with Gasteiger partial charge in [-0.05, 0) is 30.3 Å². The number of nitrogens with zero attached hydrogens (tertiary/aromatic N) is 1. The third-order valence-electron chi connectivity index (χ3n) is 2.96.